The summed E-state index contributed by atoms with van der Waals surface area (Å²) >= 11 is 0. The minimum Gasteiger partial charge on any atom is -0.312 e. The van der Waals surface area contributed by atoms with E-state index in [1.165, 1.54) is 31.3 Å². The van der Waals surface area contributed by atoms with Crippen LogP contribution >= 0.6 is 0 Å². The van der Waals surface area contributed by atoms with Gasteiger partial charge in [-0.25, -0.2) is 9.37 Å². The highest BCUT2D eigenvalue weighted by atomic mass is 19.1. The van der Waals surface area contributed by atoms with Crippen molar-refractivity contribution in [3.05, 3.63) is 59.0 Å². The second-order valence-corrected chi connectivity index (χ2v) is 7.37. The molecule has 5 rings (SSSR count). The third-order valence-corrected chi connectivity index (χ3v) is 5.63. The van der Waals surface area contributed by atoms with E-state index in [0.717, 1.165) is 25.7 Å². The molecule has 3 aromatic heterocycles. The molecule has 3 heterocycles. The maximum atomic E-state index is 13.6. The van der Waals surface area contributed by atoms with Gasteiger partial charge < -0.3 is 4.57 Å². The predicted octanol–water partition coefficient (Wildman–Crippen LogP) is 4.14. The Morgan fingerprint density at radius 3 is 2.50 bits per heavy atom. The number of hydrogen-bond acceptors (Lipinski definition) is 4. The normalized spacial score (nSPS) is 15.9. The largest absolute Gasteiger partial charge is 0.312 e. The highest BCUT2D eigenvalue weighted by molar-refractivity contribution is 5.93. The van der Waals surface area contributed by atoms with Gasteiger partial charge in [0.2, 0.25) is 0 Å². The summed E-state index contributed by atoms with van der Waals surface area (Å²) in [4.78, 5) is 22.2. The average molecular weight is 377 g/mol. The highest BCUT2D eigenvalue weighted by Gasteiger charge is 2.21. The van der Waals surface area contributed by atoms with Gasteiger partial charge in [-0.3, -0.25) is 4.79 Å². The quantitative estimate of drug-likeness (QED) is 0.493. The first kappa shape index (κ1) is 17.0. The van der Waals surface area contributed by atoms with Gasteiger partial charge in [-0.2, -0.15) is 14.6 Å². The zero-order valence-electron chi connectivity index (χ0n) is 15.4. The van der Waals surface area contributed by atoms with Crippen molar-refractivity contribution in [1.29, 1.82) is 0 Å². The lowest BCUT2D eigenvalue weighted by atomic mass is 10.1. The molecule has 1 aliphatic carbocycles. The predicted molar refractivity (Wildman–Crippen MR) is 105 cm³/mol. The van der Waals surface area contributed by atoms with Gasteiger partial charge in [0.25, 0.3) is 11.3 Å². The Kier molecular flexibility index (Phi) is 4.15. The van der Waals surface area contributed by atoms with Crippen molar-refractivity contribution < 1.29 is 4.39 Å². The van der Waals surface area contributed by atoms with Gasteiger partial charge in [-0.15, -0.1) is 0 Å². The van der Waals surface area contributed by atoms with Crippen LogP contribution in [-0.4, -0.2) is 24.1 Å². The minimum absolute atomic E-state index is 0.0753. The molecule has 0 N–H and O–H groups in total. The molecule has 0 atom stereocenters. The van der Waals surface area contributed by atoms with Gasteiger partial charge in [-0.05, 0) is 43.2 Å². The van der Waals surface area contributed by atoms with Crippen LogP contribution in [0, 0.1) is 5.82 Å². The maximum absolute atomic E-state index is 13.6. The third kappa shape index (κ3) is 2.78. The van der Waals surface area contributed by atoms with Crippen LogP contribution in [-0.2, 0) is 0 Å². The summed E-state index contributed by atoms with van der Waals surface area (Å²) in [5.41, 5.74) is 1.81. The molecule has 1 aromatic carbocycles. The molecule has 0 radical (unpaired) electrons. The Hall–Kier alpha value is -3.09. The van der Waals surface area contributed by atoms with Crippen LogP contribution in [0.1, 0.15) is 44.6 Å². The van der Waals surface area contributed by atoms with E-state index in [4.69, 9.17) is 0 Å². The smallest absolute Gasteiger partial charge is 0.262 e. The van der Waals surface area contributed by atoms with E-state index < -0.39 is 0 Å². The Labute approximate surface area is 160 Å². The van der Waals surface area contributed by atoms with Crippen LogP contribution in [0.15, 0.2) is 47.7 Å². The Balaban J connectivity index is 1.81. The van der Waals surface area contributed by atoms with E-state index in [9.17, 15) is 9.18 Å². The van der Waals surface area contributed by atoms with Gasteiger partial charge in [-0.1, -0.05) is 25.7 Å². The van der Waals surface area contributed by atoms with Crippen molar-refractivity contribution >= 4 is 16.7 Å². The van der Waals surface area contributed by atoms with Gasteiger partial charge in [0, 0.05) is 17.8 Å². The summed E-state index contributed by atoms with van der Waals surface area (Å²) in [5.74, 6) is 0.0891. The number of nitrogens with zero attached hydrogens (tertiary/aromatic N) is 5. The molecule has 1 fully saturated rings. The molecule has 0 saturated heterocycles. The molecule has 4 aromatic rings. The van der Waals surface area contributed by atoms with Crippen LogP contribution in [0.3, 0.4) is 0 Å². The van der Waals surface area contributed by atoms with Crippen molar-refractivity contribution in [2.45, 2.75) is 44.6 Å². The van der Waals surface area contributed by atoms with E-state index in [1.54, 1.807) is 16.6 Å². The van der Waals surface area contributed by atoms with E-state index >= 15 is 0 Å². The Morgan fingerprint density at radius 1 is 1.00 bits per heavy atom. The van der Waals surface area contributed by atoms with E-state index in [-0.39, 0.29) is 17.4 Å². The van der Waals surface area contributed by atoms with Crippen molar-refractivity contribution in [2.24, 2.45) is 0 Å². The lowest BCUT2D eigenvalue weighted by molar-refractivity contribution is 0.434. The SMILES string of the molecule is O=c1c2c(-c3ccc(F)cc3)n3ncnc3nc2ccn1C1CCCCCC1. The molecule has 0 aliphatic heterocycles. The molecule has 0 amide bonds. The molecule has 6 nitrogen and oxygen atoms in total. The molecule has 1 aliphatic rings. The Morgan fingerprint density at radius 2 is 1.75 bits per heavy atom. The molecule has 0 bridgehead atoms. The van der Waals surface area contributed by atoms with Gasteiger partial charge in [0.15, 0.2) is 0 Å². The van der Waals surface area contributed by atoms with Crippen LogP contribution < -0.4 is 5.56 Å². The summed E-state index contributed by atoms with van der Waals surface area (Å²) < 4.78 is 16.9. The molecular weight excluding hydrogens is 357 g/mol. The first-order valence-electron chi connectivity index (χ1n) is 9.73. The van der Waals surface area contributed by atoms with Crippen LogP contribution in [0.25, 0.3) is 27.9 Å². The number of pyridine rings is 1. The van der Waals surface area contributed by atoms with Crippen molar-refractivity contribution in [3.63, 3.8) is 0 Å². The summed E-state index contributed by atoms with van der Waals surface area (Å²) in [7, 11) is 0. The second-order valence-electron chi connectivity index (χ2n) is 7.37. The minimum atomic E-state index is -0.326. The van der Waals surface area contributed by atoms with E-state index in [1.807, 2.05) is 16.8 Å². The van der Waals surface area contributed by atoms with E-state index in [0.29, 0.717) is 27.9 Å². The Bertz CT molecular complexity index is 1200. The number of halogens is 1. The number of hydrogen-bond donors (Lipinski definition) is 0. The summed E-state index contributed by atoms with van der Waals surface area (Å²) in [6, 6.07) is 8.17. The van der Waals surface area contributed by atoms with Crippen LogP contribution in [0.2, 0.25) is 0 Å². The lowest BCUT2D eigenvalue weighted by Crippen LogP contribution is -2.25. The first-order valence-corrected chi connectivity index (χ1v) is 9.73. The van der Waals surface area contributed by atoms with Crippen molar-refractivity contribution in [2.75, 3.05) is 0 Å². The molecular formula is C21H20FN5O. The molecule has 142 valence electrons. The number of benzene rings is 1. The maximum Gasteiger partial charge on any atom is 0.262 e. The third-order valence-electron chi connectivity index (χ3n) is 5.63. The van der Waals surface area contributed by atoms with Crippen LogP contribution in [0.4, 0.5) is 4.39 Å². The van der Waals surface area contributed by atoms with Gasteiger partial charge in [0.1, 0.15) is 12.1 Å². The first-order chi connectivity index (χ1) is 13.7. The van der Waals surface area contributed by atoms with Crippen molar-refractivity contribution in [1.82, 2.24) is 24.1 Å². The fourth-order valence-corrected chi connectivity index (χ4v) is 4.24. The zero-order valence-corrected chi connectivity index (χ0v) is 15.4. The number of rotatable bonds is 2. The monoisotopic (exact) mass is 377 g/mol. The standard InChI is InChI=1S/C21H20FN5O/c22-15-9-7-14(8-10-15)19-18-17(25-21-23-13-24-27(19)21)11-12-26(20(18)28)16-5-3-1-2-4-6-16/h7-13,16H,1-6H2. The lowest BCUT2D eigenvalue weighted by Gasteiger charge is -2.19. The number of fused-ring (bicyclic) bond motifs is 2. The zero-order chi connectivity index (χ0) is 19.1. The van der Waals surface area contributed by atoms with Crippen LogP contribution in [0.5, 0.6) is 0 Å². The second kappa shape index (κ2) is 6.82. The summed E-state index contributed by atoms with van der Waals surface area (Å²) in [6.45, 7) is 0. The average Bonchev–Trinajstić information content (AvgIpc) is 3.00. The summed E-state index contributed by atoms with van der Waals surface area (Å²) in [5, 5.41) is 4.76. The van der Waals surface area contributed by atoms with Crippen molar-refractivity contribution in [3.8, 4) is 11.3 Å². The fourth-order valence-electron chi connectivity index (χ4n) is 4.24. The topological polar surface area (TPSA) is 65.1 Å². The van der Waals surface area contributed by atoms with Gasteiger partial charge >= 0.3 is 0 Å². The fraction of sp³-hybridized carbons (Fsp3) is 0.333. The molecule has 7 heteroatoms. The highest BCUT2D eigenvalue weighted by Crippen LogP contribution is 2.29. The molecule has 0 unspecified atom stereocenters. The molecule has 0 spiro atoms. The van der Waals surface area contributed by atoms with E-state index in [2.05, 4.69) is 15.1 Å². The molecule has 28 heavy (non-hydrogen) atoms. The number of aromatic nitrogens is 5. The van der Waals surface area contributed by atoms with Gasteiger partial charge in [0.05, 0.1) is 16.6 Å². The molecule has 1 saturated carbocycles. The summed E-state index contributed by atoms with van der Waals surface area (Å²) in [6.07, 6.45) is 10.0.